The van der Waals surface area contributed by atoms with E-state index in [9.17, 15) is 0 Å². The molecule has 11 aromatic carbocycles. The summed E-state index contributed by atoms with van der Waals surface area (Å²) in [5.74, 6) is 1.79. The Morgan fingerprint density at radius 3 is 1.32 bits per heavy atom. The Morgan fingerprint density at radius 2 is 0.739 bits per heavy atom. The number of benzene rings is 11. The molecular formula is C66H41NOS. The van der Waals surface area contributed by atoms with Gasteiger partial charge in [0.15, 0.2) is 0 Å². The van der Waals surface area contributed by atoms with Crippen LogP contribution in [-0.2, 0) is 10.8 Å². The number of ether oxygens (including phenoxy) is 1. The van der Waals surface area contributed by atoms with Crippen molar-refractivity contribution in [3.8, 4) is 44.9 Å². The third kappa shape index (κ3) is 5.17. The molecule has 0 amide bonds. The van der Waals surface area contributed by atoms with Crippen LogP contribution in [0.2, 0.25) is 0 Å². The summed E-state index contributed by atoms with van der Waals surface area (Å²) < 4.78 is 6.69. The summed E-state index contributed by atoms with van der Waals surface area (Å²) in [4.78, 5) is 5.13. The van der Waals surface area contributed by atoms with Gasteiger partial charge in [0, 0.05) is 37.7 Å². The average molecular weight is 896 g/mol. The van der Waals surface area contributed by atoms with E-state index in [1.807, 2.05) is 11.8 Å². The molecule has 2 spiro atoms. The average Bonchev–Trinajstić information content (AvgIpc) is 3.87. The summed E-state index contributed by atoms with van der Waals surface area (Å²) in [6.45, 7) is 0. The summed E-state index contributed by atoms with van der Waals surface area (Å²) in [6, 6.07) is 92.3. The molecule has 0 unspecified atom stereocenters. The molecule has 2 aliphatic heterocycles. The lowest BCUT2D eigenvalue weighted by atomic mass is 9.66. The minimum Gasteiger partial charge on any atom is -0.457 e. The van der Waals surface area contributed by atoms with Crippen LogP contribution in [0.15, 0.2) is 259 Å². The van der Waals surface area contributed by atoms with E-state index in [0.29, 0.717) is 0 Å². The van der Waals surface area contributed by atoms with Crippen LogP contribution in [0.4, 0.5) is 17.1 Å². The predicted octanol–water partition coefficient (Wildman–Crippen LogP) is 17.3. The Kier molecular flexibility index (Phi) is 8.17. The smallest absolute Gasteiger partial charge is 0.132 e. The highest BCUT2D eigenvalue weighted by atomic mass is 32.2. The second kappa shape index (κ2) is 14.6. The van der Waals surface area contributed by atoms with Crippen LogP contribution in [-0.4, -0.2) is 0 Å². The van der Waals surface area contributed by atoms with Crippen molar-refractivity contribution in [3.05, 3.63) is 293 Å². The van der Waals surface area contributed by atoms with Crippen molar-refractivity contribution in [3.63, 3.8) is 0 Å². The van der Waals surface area contributed by atoms with Crippen molar-refractivity contribution in [1.29, 1.82) is 0 Å². The maximum Gasteiger partial charge on any atom is 0.132 e. The third-order valence-electron chi connectivity index (χ3n) is 15.4. The SMILES string of the molecule is c1ccc(-c2ccc(N(c3ccc4c(c3)-c3ccccc3C43c4ccccc4Oc4ccccc43)c3ccc4c(c3)-c3ccccc3C43c4ccccc4Sc4ccccc43)c3ccccc23)cc1. The minimum atomic E-state index is -0.554. The van der Waals surface area contributed by atoms with Crippen LogP contribution < -0.4 is 9.64 Å². The van der Waals surface area contributed by atoms with Gasteiger partial charge in [-0.05, 0) is 127 Å². The molecule has 15 rings (SSSR count). The summed E-state index contributed by atoms with van der Waals surface area (Å²) in [6.07, 6.45) is 0. The van der Waals surface area contributed by atoms with Crippen LogP contribution in [0, 0.1) is 0 Å². The molecule has 3 heteroatoms. The molecule has 0 atom stereocenters. The quantitative estimate of drug-likeness (QED) is 0.175. The Bertz CT molecular complexity index is 3660. The first-order chi connectivity index (χ1) is 34.2. The molecule has 0 fully saturated rings. The van der Waals surface area contributed by atoms with Crippen LogP contribution in [0.5, 0.6) is 11.5 Å². The van der Waals surface area contributed by atoms with E-state index in [1.165, 1.54) is 87.3 Å². The molecule has 2 aliphatic carbocycles. The number of fused-ring (bicyclic) bond motifs is 19. The Balaban J connectivity index is 1.00. The molecule has 0 saturated carbocycles. The largest absolute Gasteiger partial charge is 0.457 e. The molecule has 0 radical (unpaired) electrons. The van der Waals surface area contributed by atoms with Crippen LogP contribution in [0.25, 0.3) is 44.2 Å². The molecule has 2 nitrogen and oxygen atoms in total. The van der Waals surface area contributed by atoms with Gasteiger partial charge in [0.05, 0.1) is 16.5 Å². The van der Waals surface area contributed by atoms with Gasteiger partial charge in [-0.3, -0.25) is 0 Å². The Morgan fingerprint density at radius 1 is 0.304 bits per heavy atom. The fourth-order valence-corrected chi connectivity index (χ4v) is 13.9. The fourth-order valence-electron chi connectivity index (χ4n) is 12.7. The number of anilines is 3. The van der Waals surface area contributed by atoms with Crippen molar-refractivity contribution in [2.75, 3.05) is 4.90 Å². The lowest BCUT2D eigenvalue weighted by Gasteiger charge is -2.39. The van der Waals surface area contributed by atoms with E-state index < -0.39 is 10.8 Å². The van der Waals surface area contributed by atoms with Crippen molar-refractivity contribution < 1.29 is 4.74 Å². The van der Waals surface area contributed by atoms with Gasteiger partial charge in [-0.1, -0.05) is 206 Å². The zero-order valence-electron chi connectivity index (χ0n) is 37.4. The van der Waals surface area contributed by atoms with E-state index in [1.54, 1.807) is 0 Å². The Labute approximate surface area is 405 Å². The highest BCUT2D eigenvalue weighted by Gasteiger charge is 2.52. The van der Waals surface area contributed by atoms with Gasteiger partial charge in [-0.25, -0.2) is 0 Å². The standard InChI is InChI=1S/C66H41NOS/c1-2-18-42(19-3-1)45-36-39-60(49-23-5-4-20-46(45)49)67(43-34-37-54-50(40-43)47-21-6-8-24-52(47)65(54)56-26-10-14-30-61(56)68-62-31-15-11-27-57(62)65)44-35-38-55-51(41-44)48-22-7-9-25-53(48)66(55)58-28-12-16-32-63(58)69-64-33-17-13-29-59(64)66/h1-41H. The van der Waals surface area contributed by atoms with Crippen LogP contribution in [0.3, 0.4) is 0 Å². The molecule has 69 heavy (non-hydrogen) atoms. The molecule has 11 aromatic rings. The maximum atomic E-state index is 6.69. The molecule has 0 saturated heterocycles. The molecule has 0 N–H and O–H groups in total. The minimum absolute atomic E-state index is 0.459. The maximum absolute atomic E-state index is 6.69. The molecule has 2 heterocycles. The number of para-hydroxylation sites is 2. The first-order valence-corrected chi connectivity index (χ1v) is 24.6. The highest BCUT2D eigenvalue weighted by Crippen LogP contribution is 2.65. The predicted molar refractivity (Wildman–Crippen MR) is 283 cm³/mol. The third-order valence-corrected chi connectivity index (χ3v) is 16.6. The van der Waals surface area contributed by atoms with Gasteiger partial charge >= 0.3 is 0 Å². The summed E-state index contributed by atoms with van der Waals surface area (Å²) in [5, 5.41) is 2.40. The lowest BCUT2D eigenvalue weighted by Crippen LogP contribution is -2.32. The monoisotopic (exact) mass is 895 g/mol. The summed E-state index contributed by atoms with van der Waals surface area (Å²) in [7, 11) is 0. The van der Waals surface area contributed by atoms with Crippen molar-refractivity contribution in [1.82, 2.24) is 0 Å². The van der Waals surface area contributed by atoms with Gasteiger partial charge in [0.2, 0.25) is 0 Å². The van der Waals surface area contributed by atoms with Gasteiger partial charge < -0.3 is 9.64 Å². The lowest BCUT2D eigenvalue weighted by molar-refractivity contribution is 0.436. The van der Waals surface area contributed by atoms with Crippen LogP contribution in [0.1, 0.15) is 44.5 Å². The second-order valence-corrected chi connectivity index (χ2v) is 19.7. The topological polar surface area (TPSA) is 12.5 Å². The highest BCUT2D eigenvalue weighted by molar-refractivity contribution is 7.99. The van der Waals surface area contributed by atoms with Gasteiger partial charge in [0.1, 0.15) is 11.5 Å². The fraction of sp³-hybridized carbons (Fsp3) is 0.0303. The first kappa shape index (κ1) is 38.7. The van der Waals surface area contributed by atoms with Gasteiger partial charge in [-0.2, -0.15) is 0 Å². The van der Waals surface area contributed by atoms with Crippen molar-refractivity contribution in [2.24, 2.45) is 0 Å². The van der Waals surface area contributed by atoms with Crippen molar-refractivity contribution in [2.45, 2.75) is 20.6 Å². The molecule has 0 aromatic heterocycles. The van der Waals surface area contributed by atoms with E-state index in [2.05, 4.69) is 254 Å². The Hall–Kier alpha value is -8.37. The molecule has 4 aliphatic rings. The summed E-state index contributed by atoms with van der Waals surface area (Å²) in [5.41, 5.74) is 19.9. The summed E-state index contributed by atoms with van der Waals surface area (Å²) >= 11 is 1.89. The van der Waals surface area contributed by atoms with Crippen LogP contribution >= 0.6 is 11.8 Å². The van der Waals surface area contributed by atoms with E-state index >= 15 is 0 Å². The number of hydrogen-bond donors (Lipinski definition) is 0. The number of nitrogens with zero attached hydrogens (tertiary/aromatic N) is 1. The molecule has 322 valence electrons. The molecular weight excluding hydrogens is 855 g/mol. The molecule has 0 bridgehead atoms. The number of hydrogen-bond acceptors (Lipinski definition) is 3. The zero-order chi connectivity index (χ0) is 45.3. The van der Waals surface area contributed by atoms with Gasteiger partial charge in [0.25, 0.3) is 0 Å². The normalized spacial score (nSPS) is 14.4. The van der Waals surface area contributed by atoms with E-state index in [-0.39, 0.29) is 0 Å². The number of rotatable bonds is 4. The van der Waals surface area contributed by atoms with E-state index in [0.717, 1.165) is 39.7 Å². The van der Waals surface area contributed by atoms with Gasteiger partial charge in [-0.15, -0.1) is 0 Å². The van der Waals surface area contributed by atoms with E-state index in [4.69, 9.17) is 4.74 Å². The zero-order valence-corrected chi connectivity index (χ0v) is 38.3. The van der Waals surface area contributed by atoms with Crippen molar-refractivity contribution >= 4 is 39.6 Å². The second-order valence-electron chi connectivity index (χ2n) is 18.6. The first-order valence-electron chi connectivity index (χ1n) is 23.8.